The van der Waals surface area contributed by atoms with Crippen molar-refractivity contribution in [3.8, 4) is 0 Å². The minimum Gasteiger partial charge on any atom is -0.372 e. The average Bonchev–Trinajstić information content (AvgIpc) is 2.63. The quantitative estimate of drug-likeness (QED) is 0.730. The largest absolute Gasteiger partial charge is 0.372 e. The summed E-state index contributed by atoms with van der Waals surface area (Å²) in [6.45, 7) is 2.49. The van der Waals surface area contributed by atoms with Gasteiger partial charge in [-0.2, -0.15) is 0 Å². The number of ether oxygens (including phenoxy) is 1. The SMILES string of the molecule is NN1CCC(OCc2ccccc2)C1. The van der Waals surface area contributed by atoms with Gasteiger partial charge < -0.3 is 4.74 Å². The van der Waals surface area contributed by atoms with E-state index in [2.05, 4.69) is 12.1 Å². The molecule has 1 fully saturated rings. The van der Waals surface area contributed by atoms with Gasteiger partial charge in [-0.05, 0) is 12.0 Å². The standard InChI is InChI=1S/C11H16N2O/c12-13-7-6-11(8-13)14-9-10-4-2-1-3-5-10/h1-5,11H,6-9,12H2. The van der Waals surface area contributed by atoms with Crippen molar-refractivity contribution >= 4 is 0 Å². The Morgan fingerprint density at radius 1 is 1.36 bits per heavy atom. The highest BCUT2D eigenvalue weighted by Gasteiger charge is 2.20. The molecular weight excluding hydrogens is 176 g/mol. The van der Waals surface area contributed by atoms with Gasteiger partial charge in [0.15, 0.2) is 0 Å². The first-order valence-corrected chi connectivity index (χ1v) is 5.00. The summed E-state index contributed by atoms with van der Waals surface area (Å²) in [5.74, 6) is 5.65. The lowest BCUT2D eigenvalue weighted by atomic mass is 10.2. The van der Waals surface area contributed by atoms with Crippen LogP contribution in [0.5, 0.6) is 0 Å². The maximum atomic E-state index is 5.74. The molecule has 2 rings (SSSR count). The molecule has 76 valence electrons. The van der Waals surface area contributed by atoms with Crippen molar-refractivity contribution < 1.29 is 4.74 Å². The van der Waals surface area contributed by atoms with Gasteiger partial charge in [0.25, 0.3) is 0 Å². The Hall–Kier alpha value is -0.900. The number of benzene rings is 1. The van der Waals surface area contributed by atoms with Crippen molar-refractivity contribution in [2.75, 3.05) is 13.1 Å². The fourth-order valence-corrected chi connectivity index (χ4v) is 1.68. The zero-order valence-electron chi connectivity index (χ0n) is 8.23. The second-order valence-electron chi connectivity index (χ2n) is 3.70. The van der Waals surface area contributed by atoms with Crippen LogP contribution in [-0.2, 0) is 11.3 Å². The number of hydrazine groups is 1. The van der Waals surface area contributed by atoms with Crippen molar-refractivity contribution in [2.45, 2.75) is 19.1 Å². The number of hydrogen-bond acceptors (Lipinski definition) is 3. The molecule has 1 heterocycles. The molecule has 1 atom stereocenters. The summed E-state index contributed by atoms with van der Waals surface area (Å²) in [6.07, 6.45) is 1.35. The van der Waals surface area contributed by atoms with Crippen LogP contribution in [-0.4, -0.2) is 24.2 Å². The minimum atomic E-state index is 0.306. The summed E-state index contributed by atoms with van der Waals surface area (Å²) in [6, 6.07) is 10.2. The van der Waals surface area contributed by atoms with Crippen LogP contribution in [0.25, 0.3) is 0 Å². The van der Waals surface area contributed by atoms with Gasteiger partial charge in [-0.3, -0.25) is 5.84 Å². The van der Waals surface area contributed by atoms with Crippen molar-refractivity contribution in [3.05, 3.63) is 35.9 Å². The molecule has 3 nitrogen and oxygen atoms in total. The van der Waals surface area contributed by atoms with E-state index in [0.29, 0.717) is 12.7 Å². The van der Waals surface area contributed by atoms with Gasteiger partial charge in [0, 0.05) is 13.1 Å². The molecule has 0 bridgehead atoms. The van der Waals surface area contributed by atoms with Crippen LogP contribution in [0.4, 0.5) is 0 Å². The molecule has 14 heavy (non-hydrogen) atoms. The molecule has 0 spiro atoms. The minimum absolute atomic E-state index is 0.306. The lowest BCUT2D eigenvalue weighted by molar-refractivity contribution is 0.0467. The summed E-state index contributed by atoms with van der Waals surface area (Å²) in [5, 5.41) is 1.82. The zero-order valence-corrected chi connectivity index (χ0v) is 8.23. The Morgan fingerprint density at radius 3 is 2.79 bits per heavy atom. The predicted octanol–water partition coefficient (Wildman–Crippen LogP) is 1.15. The molecule has 1 aromatic rings. The van der Waals surface area contributed by atoms with E-state index in [0.717, 1.165) is 19.5 Å². The molecule has 0 aliphatic carbocycles. The number of rotatable bonds is 3. The van der Waals surface area contributed by atoms with Gasteiger partial charge in [-0.15, -0.1) is 0 Å². The van der Waals surface area contributed by atoms with Gasteiger partial charge >= 0.3 is 0 Å². The van der Waals surface area contributed by atoms with Crippen LogP contribution in [0.15, 0.2) is 30.3 Å². The average molecular weight is 192 g/mol. The van der Waals surface area contributed by atoms with Crippen LogP contribution in [0.3, 0.4) is 0 Å². The third kappa shape index (κ3) is 2.54. The van der Waals surface area contributed by atoms with E-state index in [1.165, 1.54) is 5.56 Å². The van der Waals surface area contributed by atoms with Gasteiger partial charge in [-0.25, -0.2) is 5.01 Å². The first-order valence-electron chi connectivity index (χ1n) is 5.00. The van der Waals surface area contributed by atoms with Crippen LogP contribution < -0.4 is 5.84 Å². The molecule has 0 aromatic heterocycles. The Labute approximate surface area is 84.4 Å². The van der Waals surface area contributed by atoms with E-state index < -0.39 is 0 Å². The number of hydrogen-bond donors (Lipinski definition) is 1. The number of nitrogens with two attached hydrogens (primary N) is 1. The Morgan fingerprint density at radius 2 is 2.14 bits per heavy atom. The molecule has 0 saturated carbocycles. The van der Waals surface area contributed by atoms with E-state index in [1.54, 1.807) is 0 Å². The molecule has 3 heteroatoms. The topological polar surface area (TPSA) is 38.5 Å². The fraction of sp³-hybridized carbons (Fsp3) is 0.455. The summed E-state index contributed by atoms with van der Waals surface area (Å²) in [4.78, 5) is 0. The summed E-state index contributed by atoms with van der Waals surface area (Å²) >= 11 is 0. The Bertz CT molecular complexity index is 276. The van der Waals surface area contributed by atoms with E-state index in [9.17, 15) is 0 Å². The first-order chi connectivity index (χ1) is 6.84. The van der Waals surface area contributed by atoms with Crippen molar-refractivity contribution in [1.29, 1.82) is 0 Å². The second kappa shape index (κ2) is 4.55. The Balaban J connectivity index is 1.78. The monoisotopic (exact) mass is 192 g/mol. The Kier molecular flexibility index (Phi) is 3.14. The van der Waals surface area contributed by atoms with E-state index in [-0.39, 0.29) is 0 Å². The normalized spacial score (nSPS) is 22.8. The summed E-state index contributed by atoms with van der Waals surface area (Å²) in [7, 11) is 0. The van der Waals surface area contributed by atoms with Gasteiger partial charge in [0.05, 0.1) is 12.7 Å². The molecule has 0 amide bonds. The van der Waals surface area contributed by atoms with Crippen molar-refractivity contribution in [1.82, 2.24) is 5.01 Å². The van der Waals surface area contributed by atoms with E-state index >= 15 is 0 Å². The highest BCUT2D eigenvalue weighted by atomic mass is 16.5. The molecule has 0 radical (unpaired) electrons. The van der Waals surface area contributed by atoms with Gasteiger partial charge in [-0.1, -0.05) is 30.3 Å². The number of nitrogens with zero attached hydrogens (tertiary/aromatic N) is 1. The smallest absolute Gasteiger partial charge is 0.0733 e. The van der Waals surface area contributed by atoms with Crippen LogP contribution in [0.2, 0.25) is 0 Å². The third-order valence-corrected chi connectivity index (χ3v) is 2.50. The molecular formula is C11H16N2O. The second-order valence-corrected chi connectivity index (χ2v) is 3.70. The summed E-state index contributed by atoms with van der Waals surface area (Å²) in [5.41, 5.74) is 1.22. The molecule has 2 N–H and O–H groups in total. The van der Waals surface area contributed by atoms with Gasteiger partial charge in [0.2, 0.25) is 0 Å². The predicted molar refractivity (Wildman–Crippen MR) is 55.4 cm³/mol. The highest BCUT2D eigenvalue weighted by molar-refractivity contribution is 5.13. The lowest BCUT2D eigenvalue weighted by Crippen LogP contribution is -2.29. The lowest BCUT2D eigenvalue weighted by Gasteiger charge is -2.11. The first kappa shape index (κ1) is 9.65. The third-order valence-electron chi connectivity index (χ3n) is 2.50. The maximum Gasteiger partial charge on any atom is 0.0733 e. The molecule has 1 saturated heterocycles. The van der Waals surface area contributed by atoms with Crippen LogP contribution in [0.1, 0.15) is 12.0 Å². The van der Waals surface area contributed by atoms with Crippen LogP contribution >= 0.6 is 0 Å². The maximum absolute atomic E-state index is 5.74. The highest BCUT2D eigenvalue weighted by Crippen LogP contribution is 2.11. The molecule has 1 aliphatic rings. The molecule has 1 unspecified atom stereocenters. The zero-order chi connectivity index (χ0) is 9.80. The van der Waals surface area contributed by atoms with Crippen molar-refractivity contribution in [2.24, 2.45) is 5.84 Å². The fourth-order valence-electron chi connectivity index (χ4n) is 1.68. The molecule has 1 aromatic carbocycles. The van der Waals surface area contributed by atoms with Crippen LogP contribution in [0, 0.1) is 0 Å². The van der Waals surface area contributed by atoms with Crippen molar-refractivity contribution in [3.63, 3.8) is 0 Å². The molecule has 1 aliphatic heterocycles. The van der Waals surface area contributed by atoms with Gasteiger partial charge in [0.1, 0.15) is 0 Å². The van der Waals surface area contributed by atoms with E-state index in [4.69, 9.17) is 10.6 Å². The summed E-state index contributed by atoms with van der Waals surface area (Å²) < 4.78 is 5.74. The van der Waals surface area contributed by atoms with E-state index in [1.807, 2.05) is 23.2 Å².